The summed E-state index contributed by atoms with van der Waals surface area (Å²) in [6, 6.07) is 8.60. The van der Waals surface area contributed by atoms with Crippen molar-refractivity contribution in [3.8, 4) is 0 Å². The third kappa shape index (κ3) is 4.20. The van der Waals surface area contributed by atoms with Crippen molar-refractivity contribution in [1.82, 2.24) is 5.32 Å². The second kappa shape index (κ2) is 7.92. The van der Waals surface area contributed by atoms with Crippen LogP contribution in [0.25, 0.3) is 0 Å². The highest BCUT2D eigenvalue weighted by atomic mass is 127. The first kappa shape index (κ1) is 17.2. The number of rotatable bonds is 5. The minimum atomic E-state index is 0.178. The van der Waals surface area contributed by atoms with Crippen molar-refractivity contribution in [3.05, 3.63) is 51.6 Å². The van der Waals surface area contributed by atoms with Gasteiger partial charge in [-0.25, -0.2) is 0 Å². The van der Waals surface area contributed by atoms with Crippen molar-refractivity contribution in [2.45, 2.75) is 19.4 Å². The molecule has 0 amide bonds. The Bertz CT molecular complexity index is 583. The Balaban J connectivity index is 2.38. The molecule has 0 fully saturated rings. The van der Waals surface area contributed by atoms with Crippen LogP contribution >= 0.6 is 77.4 Å². The fraction of sp³-hybridized carbons (Fsp3) is 0.286. The molecule has 0 aliphatic heterocycles. The summed E-state index contributed by atoms with van der Waals surface area (Å²) in [5.74, 6) is 0. The number of thiophene rings is 1. The smallest absolute Gasteiger partial charge is 0.0843 e. The van der Waals surface area contributed by atoms with Crippen molar-refractivity contribution in [1.29, 1.82) is 0 Å². The Hall–Kier alpha value is 0.860. The topological polar surface area (TPSA) is 12.0 Å². The molecule has 2 rings (SSSR count). The van der Waals surface area contributed by atoms with Crippen molar-refractivity contribution in [2.24, 2.45) is 0 Å². The number of halogens is 4. The lowest BCUT2D eigenvalue weighted by molar-refractivity contribution is 0.606. The van der Waals surface area contributed by atoms with Gasteiger partial charge in [0.15, 0.2) is 0 Å². The molecule has 1 nitrogen and oxygen atoms in total. The van der Waals surface area contributed by atoms with Gasteiger partial charge in [-0.15, -0.1) is 11.3 Å². The summed E-state index contributed by atoms with van der Waals surface area (Å²) in [5, 5.41) is 4.40. The third-order valence-corrected chi connectivity index (χ3v) is 7.72. The lowest BCUT2D eigenvalue weighted by Crippen LogP contribution is -2.22. The average Bonchev–Trinajstić information content (AvgIpc) is 2.74. The maximum absolute atomic E-state index is 6.27. The van der Waals surface area contributed by atoms with E-state index in [1.54, 1.807) is 11.3 Å². The highest BCUT2D eigenvalue weighted by Crippen LogP contribution is 2.38. The minimum absolute atomic E-state index is 0.178. The average molecular weight is 549 g/mol. The molecule has 0 radical (unpaired) electrons. The molecule has 1 aromatic heterocycles. The van der Waals surface area contributed by atoms with Crippen LogP contribution in [0.5, 0.6) is 0 Å². The van der Waals surface area contributed by atoms with Gasteiger partial charge in [0.25, 0.3) is 0 Å². The molecule has 0 aliphatic rings. The normalized spacial score (nSPS) is 12.7. The predicted molar refractivity (Wildman–Crippen MR) is 104 cm³/mol. The van der Waals surface area contributed by atoms with Crippen LogP contribution in [0.4, 0.5) is 0 Å². The summed E-state index contributed by atoms with van der Waals surface area (Å²) in [5.41, 5.74) is 1.20. The maximum Gasteiger partial charge on any atom is 0.0843 e. The summed E-state index contributed by atoms with van der Waals surface area (Å²) in [6.07, 6.45) is 1.10. The molecule has 0 spiro atoms. The fourth-order valence-corrected chi connectivity index (χ4v) is 4.59. The van der Waals surface area contributed by atoms with Crippen LogP contribution in [0.1, 0.15) is 29.8 Å². The first-order valence-corrected chi connectivity index (χ1v) is 10.0. The van der Waals surface area contributed by atoms with Gasteiger partial charge in [-0.1, -0.05) is 24.6 Å². The monoisotopic (exact) mass is 547 g/mol. The quantitative estimate of drug-likeness (QED) is 0.414. The van der Waals surface area contributed by atoms with Gasteiger partial charge in [-0.3, -0.25) is 0 Å². The summed E-state index contributed by atoms with van der Waals surface area (Å²) >= 11 is 17.4. The van der Waals surface area contributed by atoms with Crippen molar-refractivity contribution < 1.29 is 0 Å². The van der Waals surface area contributed by atoms with Crippen LogP contribution in [-0.2, 0) is 0 Å². The summed E-state index contributed by atoms with van der Waals surface area (Å²) in [7, 11) is 0. The van der Waals surface area contributed by atoms with E-state index in [0.29, 0.717) is 0 Å². The Kier molecular flexibility index (Phi) is 6.82. The van der Waals surface area contributed by atoms with E-state index < -0.39 is 0 Å². The summed E-state index contributed by atoms with van der Waals surface area (Å²) in [6.45, 7) is 3.15. The molecule has 20 heavy (non-hydrogen) atoms. The fourth-order valence-electron chi connectivity index (χ4n) is 1.87. The second-order valence-corrected chi connectivity index (χ2v) is 9.16. The van der Waals surface area contributed by atoms with E-state index in [9.17, 15) is 0 Å². The van der Waals surface area contributed by atoms with Gasteiger partial charge in [0, 0.05) is 12.9 Å². The molecular formula is C14H13Br2ClINS. The largest absolute Gasteiger partial charge is 0.306 e. The first-order chi connectivity index (χ1) is 9.52. The van der Waals surface area contributed by atoms with Gasteiger partial charge in [0.2, 0.25) is 0 Å². The highest BCUT2D eigenvalue weighted by Gasteiger charge is 2.18. The SMILES string of the molecule is CCCNC(c1ccc(I)c(Cl)c1)c1cc(Br)c(Br)s1. The van der Waals surface area contributed by atoms with Crippen LogP contribution in [-0.4, -0.2) is 6.54 Å². The molecule has 1 heterocycles. The molecule has 108 valence electrons. The van der Waals surface area contributed by atoms with E-state index in [4.69, 9.17) is 11.6 Å². The predicted octanol–water partition coefficient (Wildman–Crippen LogP) is 6.62. The summed E-state index contributed by atoms with van der Waals surface area (Å²) in [4.78, 5) is 1.27. The van der Waals surface area contributed by atoms with E-state index in [1.165, 1.54) is 10.4 Å². The minimum Gasteiger partial charge on any atom is -0.306 e. The Morgan fingerprint density at radius 3 is 2.65 bits per heavy atom. The molecule has 0 bridgehead atoms. The number of hydrogen-bond donors (Lipinski definition) is 1. The van der Waals surface area contributed by atoms with Crippen LogP contribution in [0.2, 0.25) is 5.02 Å². The molecular weight excluding hydrogens is 536 g/mol. The molecule has 0 saturated heterocycles. The zero-order valence-electron chi connectivity index (χ0n) is 10.7. The van der Waals surface area contributed by atoms with E-state index in [2.05, 4.69) is 91.0 Å². The van der Waals surface area contributed by atoms with Crippen LogP contribution in [0.3, 0.4) is 0 Å². The van der Waals surface area contributed by atoms with Gasteiger partial charge in [0.05, 0.1) is 14.9 Å². The molecule has 1 atom stereocenters. The van der Waals surface area contributed by atoms with Crippen molar-refractivity contribution >= 4 is 77.4 Å². The van der Waals surface area contributed by atoms with E-state index in [0.717, 1.165) is 29.8 Å². The first-order valence-electron chi connectivity index (χ1n) is 6.16. The van der Waals surface area contributed by atoms with Gasteiger partial charge in [-0.05, 0) is 91.2 Å². The molecule has 1 aromatic carbocycles. The lowest BCUT2D eigenvalue weighted by atomic mass is 10.1. The second-order valence-electron chi connectivity index (χ2n) is 4.33. The van der Waals surface area contributed by atoms with Crippen LogP contribution < -0.4 is 5.32 Å². The Morgan fingerprint density at radius 1 is 1.35 bits per heavy atom. The molecule has 0 aliphatic carbocycles. The molecule has 1 unspecified atom stereocenters. The van der Waals surface area contributed by atoms with Crippen LogP contribution in [0, 0.1) is 3.57 Å². The number of hydrogen-bond acceptors (Lipinski definition) is 2. The molecule has 2 aromatic rings. The van der Waals surface area contributed by atoms with Gasteiger partial charge >= 0.3 is 0 Å². The van der Waals surface area contributed by atoms with Gasteiger partial charge in [-0.2, -0.15) is 0 Å². The molecule has 6 heteroatoms. The van der Waals surface area contributed by atoms with E-state index in [-0.39, 0.29) is 6.04 Å². The maximum atomic E-state index is 6.27. The number of benzene rings is 1. The van der Waals surface area contributed by atoms with Gasteiger partial charge in [0.1, 0.15) is 0 Å². The Morgan fingerprint density at radius 2 is 2.10 bits per heavy atom. The van der Waals surface area contributed by atoms with E-state index in [1.807, 2.05) is 0 Å². The van der Waals surface area contributed by atoms with Crippen molar-refractivity contribution in [2.75, 3.05) is 6.54 Å². The zero-order chi connectivity index (χ0) is 14.7. The van der Waals surface area contributed by atoms with Crippen LogP contribution in [0.15, 0.2) is 32.5 Å². The van der Waals surface area contributed by atoms with Crippen molar-refractivity contribution in [3.63, 3.8) is 0 Å². The zero-order valence-corrected chi connectivity index (χ0v) is 17.6. The summed E-state index contributed by atoms with van der Waals surface area (Å²) < 4.78 is 3.29. The number of nitrogens with one attached hydrogen (secondary N) is 1. The molecule has 1 N–H and O–H groups in total. The lowest BCUT2D eigenvalue weighted by Gasteiger charge is -2.18. The Labute approximate surface area is 158 Å². The van der Waals surface area contributed by atoms with Gasteiger partial charge < -0.3 is 5.32 Å². The highest BCUT2D eigenvalue weighted by molar-refractivity contribution is 14.1. The van der Waals surface area contributed by atoms with E-state index >= 15 is 0 Å². The third-order valence-electron chi connectivity index (χ3n) is 2.82. The molecule has 0 saturated carbocycles. The standard InChI is InChI=1S/C14H13Br2ClINS/c1-2-5-19-13(12-7-9(15)14(16)20-12)8-3-4-11(18)10(17)6-8/h3-4,6-7,13,19H,2,5H2,1H3.